The number of unbranched alkanes of at least 4 members (excludes halogenated alkanes) is 5. The van der Waals surface area contributed by atoms with Crippen LogP contribution in [0.3, 0.4) is 0 Å². The summed E-state index contributed by atoms with van der Waals surface area (Å²) in [5.41, 5.74) is 0. The molecule has 118 valence electrons. The molecular formula is C21H34. The first-order valence-corrected chi connectivity index (χ1v) is 8.62. The second-order valence-electron chi connectivity index (χ2n) is 5.31. The average Bonchev–Trinajstić information content (AvgIpc) is 2.50. The van der Waals surface area contributed by atoms with E-state index in [2.05, 4.69) is 62.1 Å². The first-order valence-electron chi connectivity index (χ1n) is 8.62. The van der Waals surface area contributed by atoms with Crippen molar-refractivity contribution in [3.63, 3.8) is 0 Å². The molecule has 0 unspecified atom stereocenters. The molecule has 0 nitrogen and oxygen atoms in total. The van der Waals surface area contributed by atoms with Gasteiger partial charge >= 0.3 is 0 Å². The van der Waals surface area contributed by atoms with Gasteiger partial charge in [-0.1, -0.05) is 74.4 Å². The molecule has 21 heavy (non-hydrogen) atoms. The highest BCUT2D eigenvalue weighted by Gasteiger charge is 1.81. The van der Waals surface area contributed by atoms with Gasteiger partial charge in [0.15, 0.2) is 0 Å². The summed E-state index contributed by atoms with van der Waals surface area (Å²) in [4.78, 5) is 0. The summed E-state index contributed by atoms with van der Waals surface area (Å²) < 4.78 is 0. The van der Waals surface area contributed by atoms with Gasteiger partial charge in [0.1, 0.15) is 0 Å². The van der Waals surface area contributed by atoms with Crippen LogP contribution < -0.4 is 0 Å². The molecule has 0 heterocycles. The van der Waals surface area contributed by atoms with Crippen LogP contribution >= 0.6 is 0 Å². The lowest BCUT2D eigenvalue weighted by atomic mass is 10.2. The lowest BCUT2D eigenvalue weighted by Gasteiger charge is -1.90. The van der Waals surface area contributed by atoms with Gasteiger partial charge in [-0.25, -0.2) is 0 Å². The van der Waals surface area contributed by atoms with Crippen LogP contribution in [-0.2, 0) is 0 Å². The lowest BCUT2D eigenvalue weighted by Crippen LogP contribution is -1.70. The maximum atomic E-state index is 3.73. The number of rotatable bonds is 14. The molecule has 0 amide bonds. The molecule has 0 radical (unpaired) electrons. The summed E-state index contributed by atoms with van der Waals surface area (Å²) in [5.74, 6) is 0. The fraction of sp³-hybridized carbons (Fsp3) is 0.524. The molecule has 0 N–H and O–H groups in total. The average molecular weight is 287 g/mol. The van der Waals surface area contributed by atoms with E-state index in [4.69, 9.17) is 0 Å². The van der Waals surface area contributed by atoms with Crippen molar-refractivity contribution in [1.29, 1.82) is 0 Å². The van der Waals surface area contributed by atoms with Gasteiger partial charge in [-0.05, 0) is 51.4 Å². The molecule has 0 aliphatic heterocycles. The van der Waals surface area contributed by atoms with Gasteiger partial charge < -0.3 is 0 Å². The topological polar surface area (TPSA) is 0 Å². The van der Waals surface area contributed by atoms with Crippen LogP contribution in [0.25, 0.3) is 0 Å². The van der Waals surface area contributed by atoms with E-state index in [-0.39, 0.29) is 0 Å². The third kappa shape index (κ3) is 18.7. The van der Waals surface area contributed by atoms with E-state index < -0.39 is 0 Å². The van der Waals surface area contributed by atoms with E-state index in [1.807, 2.05) is 6.08 Å². The zero-order valence-electron chi connectivity index (χ0n) is 14.0. The molecule has 0 aromatic carbocycles. The minimum atomic E-state index is 1.05. The predicted octanol–water partition coefficient (Wildman–Crippen LogP) is 7.32. The van der Waals surface area contributed by atoms with E-state index in [0.29, 0.717) is 0 Å². The minimum Gasteiger partial charge on any atom is -0.103 e. The molecule has 0 spiro atoms. The number of hydrogen-bond acceptors (Lipinski definition) is 0. The van der Waals surface area contributed by atoms with Crippen LogP contribution in [-0.4, -0.2) is 0 Å². The van der Waals surface area contributed by atoms with Gasteiger partial charge in [-0.15, -0.1) is 6.58 Å². The Morgan fingerprint density at radius 1 is 0.571 bits per heavy atom. The van der Waals surface area contributed by atoms with Crippen LogP contribution in [0, 0.1) is 0 Å². The van der Waals surface area contributed by atoms with Crippen molar-refractivity contribution in [3.05, 3.63) is 61.3 Å². The molecular weight excluding hydrogens is 252 g/mol. The lowest BCUT2D eigenvalue weighted by molar-refractivity contribution is 0.728. The third-order valence-corrected chi connectivity index (χ3v) is 3.24. The Hall–Kier alpha value is -1.30. The summed E-state index contributed by atoms with van der Waals surface area (Å²) in [6.45, 7) is 5.97. The highest BCUT2D eigenvalue weighted by molar-refractivity contribution is 4.99. The van der Waals surface area contributed by atoms with Crippen molar-refractivity contribution in [2.24, 2.45) is 0 Å². The zero-order valence-corrected chi connectivity index (χ0v) is 14.0. The first-order chi connectivity index (χ1) is 10.4. The Bertz CT molecular complexity index is 315. The van der Waals surface area contributed by atoms with Crippen molar-refractivity contribution in [1.82, 2.24) is 0 Å². The van der Waals surface area contributed by atoms with Crippen LogP contribution in [0.1, 0.15) is 71.1 Å². The Kier molecular flexibility index (Phi) is 17.5. The molecule has 0 aliphatic rings. The minimum absolute atomic E-state index is 1.05. The van der Waals surface area contributed by atoms with Crippen molar-refractivity contribution in [2.45, 2.75) is 71.1 Å². The van der Waals surface area contributed by atoms with Gasteiger partial charge in [-0.2, -0.15) is 0 Å². The molecule has 0 atom stereocenters. The summed E-state index contributed by atoms with van der Waals surface area (Å²) in [6, 6.07) is 0. The van der Waals surface area contributed by atoms with Crippen molar-refractivity contribution < 1.29 is 0 Å². The smallest absolute Gasteiger partial charge is 0.0169 e. The fourth-order valence-corrected chi connectivity index (χ4v) is 1.94. The van der Waals surface area contributed by atoms with Crippen LogP contribution in [0.2, 0.25) is 0 Å². The Labute approximate surface area is 133 Å². The van der Waals surface area contributed by atoms with Crippen molar-refractivity contribution in [2.75, 3.05) is 0 Å². The second kappa shape index (κ2) is 18.7. The fourth-order valence-electron chi connectivity index (χ4n) is 1.94. The maximum Gasteiger partial charge on any atom is -0.0169 e. The zero-order chi connectivity index (χ0) is 15.4. The van der Waals surface area contributed by atoms with E-state index in [1.165, 1.54) is 38.5 Å². The SMILES string of the molecule is C=CCCC/C=C\C/C=C\C/C=C\C/C=C/CCCCC. The van der Waals surface area contributed by atoms with Crippen LogP contribution in [0.4, 0.5) is 0 Å². The van der Waals surface area contributed by atoms with Gasteiger partial charge in [-0.3, -0.25) is 0 Å². The Morgan fingerprint density at radius 3 is 1.52 bits per heavy atom. The maximum absolute atomic E-state index is 3.73. The van der Waals surface area contributed by atoms with Gasteiger partial charge in [0.2, 0.25) is 0 Å². The second-order valence-corrected chi connectivity index (χ2v) is 5.31. The summed E-state index contributed by atoms with van der Waals surface area (Å²) in [6.07, 6.45) is 32.0. The molecule has 0 fully saturated rings. The predicted molar refractivity (Wildman–Crippen MR) is 98.6 cm³/mol. The van der Waals surface area contributed by atoms with Gasteiger partial charge in [0.05, 0.1) is 0 Å². The summed E-state index contributed by atoms with van der Waals surface area (Å²) in [5, 5.41) is 0. The molecule has 0 rings (SSSR count). The van der Waals surface area contributed by atoms with Crippen molar-refractivity contribution in [3.8, 4) is 0 Å². The summed E-state index contributed by atoms with van der Waals surface area (Å²) in [7, 11) is 0. The quantitative estimate of drug-likeness (QED) is 0.232. The molecule has 0 aromatic rings. The van der Waals surface area contributed by atoms with Crippen LogP contribution in [0.15, 0.2) is 61.3 Å². The monoisotopic (exact) mass is 286 g/mol. The number of hydrogen-bond donors (Lipinski definition) is 0. The molecule has 0 heteroatoms. The van der Waals surface area contributed by atoms with Gasteiger partial charge in [0.25, 0.3) is 0 Å². The largest absolute Gasteiger partial charge is 0.103 e. The van der Waals surface area contributed by atoms with Crippen LogP contribution in [0.5, 0.6) is 0 Å². The Morgan fingerprint density at radius 2 is 1.05 bits per heavy atom. The van der Waals surface area contributed by atoms with E-state index >= 15 is 0 Å². The van der Waals surface area contributed by atoms with E-state index in [0.717, 1.165) is 25.7 Å². The highest BCUT2D eigenvalue weighted by atomic mass is 13.9. The highest BCUT2D eigenvalue weighted by Crippen LogP contribution is 2.01. The molecule has 0 bridgehead atoms. The molecule has 0 aromatic heterocycles. The third-order valence-electron chi connectivity index (χ3n) is 3.24. The summed E-state index contributed by atoms with van der Waals surface area (Å²) >= 11 is 0. The first kappa shape index (κ1) is 19.7. The normalized spacial score (nSPS) is 12.4. The van der Waals surface area contributed by atoms with E-state index in [9.17, 15) is 0 Å². The van der Waals surface area contributed by atoms with Crippen molar-refractivity contribution >= 4 is 0 Å². The molecule has 0 aliphatic carbocycles. The Balaban J connectivity index is 3.37. The standard InChI is InChI=1S/C21H34/c1-3-5-7-9-11-13-15-17-19-21-20-18-16-14-12-10-8-6-4-2/h3,11-14,17-20H,1,4-10,15-16,21H2,2H3/b13-11-,14-12+,19-17-,20-18-. The number of allylic oxidation sites excluding steroid dienone is 9. The van der Waals surface area contributed by atoms with E-state index in [1.54, 1.807) is 0 Å². The van der Waals surface area contributed by atoms with Gasteiger partial charge in [0, 0.05) is 0 Å². The molecule has 0 saturated heterocycles. The molecule has 0 saturated carbocycles.